The molecule has 0 unspecified atom stereocenters. The number of nitrogens with one attached hydrogen (secondary N) is 2. The predicted molar refractivity (Wildman–Crippen MR) is 100 cm³/mol. The van der Waals surface area contributed by atoms with E-state index in [0.29, 0.717) is 6.54 Å². The Morgan fingerprint density at radius 1 is 1.30 bits per heavy atom. The van der Waals surface area contributed by atoms with Gasteiger partial charge < -0.3 is 14.8 Å². The molecule has 0 aliphatic rings. The van der Waals surface area contributed by atoms with Crippen LogP contribution in [0.15, 0.2) is 47.6 Å². The highest BCUT2D eigenvalue weighted by atomic mass is 35.5. The molecule has 10 heteroatoms. The second-order valence-electron chi connectivity index (χ2n) is 5.41. The first-order chi connectivity index (χ1) is 12.9. The van der Waals surface area contributed by atoms with Gasteiger partial charge in [-0.1, -0.05) is 17.7 Å². The normalized spacial score (nSPS) is 11.2. The van der Waals surface area contributed by atoms with Crippen LogP contribution in [0.3, 0.4) is 0 Å². The van der Waals surface area contributed by atoms with Gasteiger partial charge in [0.25, 0.3) is 5.91 Å². The lowest BCUT2D eigenvalue weighted by Gasteiger charge is -2.11. The molecule has 0 radical (unpaired) electrons. The SMILES string of the molecule is COCCNS(=O)(=O)c1ccc(OCC(=O)NCc2cccnc2)c(Cl)c1. The molecule has 0 saturated heterocycles. The number of carbonyl (C=O) groups is 1. The largest absolute Gasteiger partial charge is 0.482 e. The van der Waals surface area contributed by atoms with Crippen molar-refractivity contribution in [1.29, 1.82) is 0 Å². The topological polar surface area (TPSA) is 107 Å². The monoisotopic (exact) mass is 413 g/mol. The van der Waals surface area contributed by atoms with E-state index < -0.39 is 10.0 Å². The van der Waals surface area contributed by atoms with Gasteiger partial charge in [-0.05, 0) is 29.8 Å². The fourth-order valence-corrected chi connectivity index (χ4v) is 3.36. The molecule has 0 fully saturated rings. The van der Waals surface area contributed by atoms with E-state index in [2.05, 4.69) is 15.0 Å². The van der Waals surface area contributed by atoms with E-state index in [1.54, 1.807) is 18.5 Å². The van der Waals surface area contributed by atoms with E-state index in [4.69, 9.17) is 21.1 Å². The average molecular weight is 414 g/mol. The minimum atomic E-state index is -3.70. The van der Waals surface area contributed by atoms with E-state index in [0.717, 1.165) is 5.56 Å². The van der Waals surface area contributed by atoms with E-state index in [1.165, 1.54) is 25.3 Å². The number of hydrogen-bond acceptors (Lipinski definition) is 6. The van der Waals surface area contributed by atoms with E-state index in [-0.39, 0.29) is 41.3 Å². The number of rotatable bonds is 10. The molecule has 0 spiro atoms. The molecule has 2 aromatic rings. The Morgan fingerprint density at radius 3 is 2.78 bits per heavy atom. The van der Waals surface area contributed by atoms with Crippen molar-refractivity contribution in [2.24, 2.45) is 0 Å². The molecule has 8 nitrogen and oxygen atoms in total. The third kappa shape index (κ3) is 6.79. The molecular weight excluding hydrogens is 394 g/mol. The van der Waals surface area contributed by atoms with Crippen LogP contribution in [0.4, 0.5) is 0 Å². The highest BCUT2D eigenvalue weighted by Gasteiger charge is 2.16. The lowest BCUT2D eigenvalue weighted by atomic mass is 10.3. The van der Waals surface area contributed by atoms with Crippen molar-refractivity contribution in [3.05, 3.63) is 53.3 Å². The second-order valence-corrected chi connectivity index (χ2v) is 7.58. The van der Waals surface area contributed by atoms with Crippen molar-refractivity contribution >= 4 is 27.5 Å². The van der Waals surface area contributed by atoms with Crippen LogP contribution in [0.1, 0.15) is 5.56 Å². The molecule has 0 aliphatic heterocycles. The Bertz CT molecular complexity index is 862. The molecule has 2 N–H and O–H groups in total. The van der Waals surface area contributed by atoms with E-state index in [1.807, 2.05) is 6.07 Å². The van der Waals surface area contributed by atoms with E-state index >= 15 is 0 Å². The van der Waals surface area contributed by atoms with Gasteiger partial charge in [0.2, 0.25) is 10.0 Å². The summed E-state index contributed by atoms with van der Waals surface area (Å²) in [6.45, 7) is 0.473. The number of amides is 1. The number of carbonyl (C=O) groups excluding carboxylic acids is 1. The molecular formula is C17H20ClN3O5S. The number of sulfonamides is 1. The van der Waals surface area contributed by atoms with Gasteiger partial charge in [-0.25, -0.2) is 13.1 Å². The van der Waals surface area contributed by atoms with Crippen LogP contribution in [-0.4, -0.2) is 46.2 Å². The number of aromatic nitrogens is 1. The standard InChI is InChI=1S/C17H20ClN3O5S/c1-25-8-7-21-27(23,24)14-4-5-16(15(18)9-14)26-12-17(22)20-11-13-3-2-6-19-10-13/h2-6,9-10,21H,7-8,11-12H2,1H3,(H,20,22). The maximum atomic E-state index is 12.1. The fraction of sp³-hybridized carbons (Fsp3) is 0.294. The quantitative estimate of drug-likeness (QED) is 0.569. The highest BCUT2D eigenvalue weighted by molar-refractivity contribution is 7.89. The van der Waals surface area contributed by atoms with Crippen LogP contribution < -0.4 is 14.8 Å². The smallest absolute Gasteiger partial charge is 0.258 e. The maximum Gasteiger partial charge on any atom is 0.258 e. The summed E-state index contributed by atoms with van der Waals surface area (Å²) in [5, 5.41) is 2.78. The van der Waals surface area contributed by atoms with Crippen LogP contribution in [0.2, 0.25) is 5.02 Å². The summed E-state index contributed by atoms with van der Waals surface area (Å²) in [4.78, 5) is 15.8. The van der Waals surface area contributed by atoms with Gasteiger partial charge in [0, 0.05) is 32.6 Å². The molecule has 1 aromatic heterocycles. The number of halogens is 1. The molecule has 0 aliphatic carbocycles. The Balaban J connectivity index is 1.89. The molecule has 1 heterocycles. The van der Waals surface area contributed by atoms with Crippen LogP contribution in [-0.2, 0) is 26.1 Å². The van der Waals surface area contributed by atoms with Crippen molar-refractivity contribution in [2.75, 3.05) is 26.9 Å². The van der Waals surface area contributed by atoms with Crippen molar-refractivity contribution in [3.63, 3.8) is 0 Å². The molecule has 0 atom stereocenters. The number of ether oxygens (including phenoxy) is 2. The summed E-state index contributed by atoms with van der Waals surface area (Å²) in [5.74, 6) is -0.128. The molecule has 0 bridgehead atoms. The summed E-state index contributed by atoms with van der Waals surface area (Å²) in [7, 11) is -2.22. The summed E-state index contributed by atoms with van der Waals surface area (Å²) >= 11 is 6.07. The summed E-state index contributed by atoms with van der Waals surface area (Å²) < 4.78 is 36.8. The minimum absolute atomic E-state index is 0.00279. The number of nitrogens with zero attached hydrogens (tertiary/aromatic N) is 1. The molecule has 1 aromatic carbocycles. The van der Waals surface area contributed by atoms with Crippen LogP contribution in [0.5, 0.6) is 5.75 Å². The van der Waals surface area contributed by atoms with Gasteiger partial charge in [0.05, 0.1) is 16.5 Å². The van der Waals surface area contributed by atoms with Crippen molar-refractivity contribution < 1.29 is 22.7 Å². The van der Waals surface area contributed by atoms with Gasteiger partial charge in [0.15, 0.2) is 6.61 Å². The first kappa shape index (κ1) is 21.1. The number of methoxy groups -OCH3 is 1. The molecule has 146 valence electrons. The third-order valence-corrected chi connectivity index (χ3v) is 5.14. The molecule has 1 amide bonds. The lowest BCUT2D eigenvalue weighted by molar-refractivity contribution is -0.123. The number of pyridine rings is 1. The van der Waals surface area contributed by atoms with Gasteiger partial charge in [0.1, 0.15) is 5.75 Å². The Kier molecular flexibility index (Phi) is 7.99. The highest BCUT2D eigenvalue weighted by Crippen LogP contribution is 2.27. The van der Waals surface area contributed by atoms with Gasteiger partial charge in [-0.15, -0.1) is 0 Å². The van der Waals surface area contributed by atoms with Crippen molar-refractivity contribution in [2.45, 2.75) is 11.4 Å². The number of hydrogen-bond donors (Lipinski definition) is 2. The fourth-order valence-electron chi connectivity index (χ4n) is 2.02. The Morgan fingerprint density at radius 2 is 2.11 bits per heavy atom. The van der Waals surface area contributed by atoms with Crippen LogP contribution in [0, 0.1) is 0 Å². The molecule has 0 saturated carbocycles. The van der Waals surface area contributed by atoms with Gasteiger partial charge in [-0.3, -0.25) is 9.78 Å². The van der Waals surface area contributed by atoms with Crippen molar-refractivity contribution in [1.82, 2.24) is 15.0 Å². The second kappa shape index (κ2) is 10.2. The summed E-state index contributed by atoms with van der Waals surface area (Å²) in [6, 6.07) is 7.63. The Hall–Kier alpha value is -2.20. The summed E-state index contributed by atoms with van der Waals surface area (Å²) in [5.41, 5.74) is 0.861. The van der Waals surface area contributed by atoms with Crippen LogP contribution in [0.25, 0.3) is 0 Å². The first-order valence-electron chi connectivity index (χ1n) is 7.99. The van der Waals surface area contributed by atoms with Gasteiger partial charge >= 0.3 is 0 Å². The zero-order valence-electron chi connectivity index (χ0n) is 14.6. The minimum Gasteiger partial charge on any atom is -0.482 e. The zero-order chi connectivity index (χ0) is 19.7. The molecule has 2 rings (SSSR count). The van der Waals surface area contributed by atoms with E-state index in [9.17, 15) is 13.2 Å². The van der Waals surface area contributed by atoms with Crippen LogP contribution >= 0.6 is 11.6 Å². The Labute approximate surface area is 162 Å². The van der Waals surface area contributed by atoms with Crippen molar-refractivity contribution in [3.8, 4) is 5.75 Å². The maximum absolute atomic E-state index is 12.1. The molecule has 27 heavy (non-hydrogen) atoms. The lowest BCUT2D eigenvalue weighted by Crippen LogP contribution is -2.28. The summed E-state index contributed by atoms with van der Waals surface area (Å²) in [6.07, 6.45) is 3.30. The third-order valence-electron chi connectivity index (χ3n) is 3.38. The zero-order valence-corrected chi connectivity index (χ0v) is 16.2. The first-order valence-corrected chi connectivity index (χ1v) is 9.85. The number of benzene rings is 1. The van der Waals surface area contributed by atoms with Gasteiger partial charge in [-0.2, -0.15) is 0 Å². The average Bonchev–Trinajstić information content (AvgIpc) is 2.66. The predicted octanol–water partition coefficient (Wildman–Crippen LogP) is 1.35.